The summed E-state index contributed by atoms with van der Waals surface area (Å²) >= 11 is 0. The Bertz CT molecular complexity index is 498. The first-order chi connectivity index (χ1) is 9.78. The van der Waals surface area contributed by atoms with Crippen LogP contribution in [0.5, 0.6) is 0 Å². The lowest BCUT2D eigenvalue weighted by atomic mass is 9.70. The van der Waals surface area contributed by atoms with Crippen LogP contribution in [0.4, 0.5) is 0 Å². The second kappa shape index (κ2) is 6.56. The number of allylic oxidation sites excluding steroid dienone is 3. The average molecular weight is 296 g/mol. The van der Waals surface area contributed by atoms with Crippen molar-refractivity contribution >= 4 is 17.9 Å². The van der Waals surface area contributed by atoms with Crippen LogP contribution in [0.3, 0.4) is 0 Å². The maximum atomic E-state index is 12.1. The predicted octanol–water partition coefficient (Wildman–Crippen LogP) is 1.90. The third-order valence-electron chi connectivity index (χ3n) is 3.63. The number of hydrogen-bond donors (Lipinski definition) is 0. The molecule has 0 atom stereocenters. The van der Waals surface area contributed by atoms with Gasteiger partial charge in [-0.1, -0.05) is 6.58 Å². The van der Waals surface area contributed by atoms with Gasteiger partial charge in [0.2, 0.25) is 0 Å². The van der Waals surface area contributed by atoms with E-state index in [2.05, 4.69) is 6.58 Å². The molecule has 0 bridgehead atoms. The quantitative estimate of drug-likeness (QED) is 0.342. The Morgan fingerprint density at radius 3 is 2.05 bits per heavy atom. The van der Waals surface area contributed by atoms with Crippen LogP contribution in [0.15, 0.2) is 23.5 Å². The molecule has 6 heteroatoms. The third kappa shape index (κ3) is 3.32. The first kappa shape index (κ1) is 16.9. The van der Waals surface area contributed by atoms with E-state index >= 15 is 0 Å². The Hall–Kier alpha value is -2.11. The summed E-state index contributed by atoms with van der Waals surface area (Å²) in [7, 11) is 2.44. The molecule has 1 rings (SSSR count). The summed E-state index contributed by atoms with van der Waals surface area (Å²) in [6, 6.07) is 0. The molecule has 0 N–H and O–H groups in total. The van der Waals surface area contributed by atoms with E-state index in [1.165, 1.54) is 21.1 Å². The Morgan fingerprint density at radius 1 is 1.10 bits per heavy atom. The van der Waals surface area contributed by atoms with Crippen LogP contribution < -0.4 is 0 Å². The van der Waals surface area contributed by atoms with Crippen LogP contribution in [0.25, 0.3) is 0 Å². The van der Waals surface area contributed by atoms with E-state index < -0.39 is 23.3 Å². The molecule has 1 aliphatic carbocycles. The van der Waals surface area contributed by atoms with Crippen LogP contribution in [-0.2, 0) is 28.6 Å². The zero-order valence-corrected chi connectivity index (χ0v) is 12.8. The Morgan fingerprint density at radius 2 is 1.62 bits per heavy atom. The minimum Gasteiger partial charge on any atom is -0.468 e. The molecular weight excluding hydrogens is 276 g/mol. The van der Waals surface area contributed by atoms with Gasteiger partial charge in [0.1, 0.15) is 5.76 Å². The standard InChI is InChI=1S/C15H20O6/c1-9-6-7-15(13(17)19-4,14(18)20-5)8-12(9)10(2)21-11(3)16/h1,6-8H2,2-5H3/b12-10+. The van der Waals surface area contributed by atoms with Gasteiger partial charge in [0.05, 0.1) is 14.2 Å². The lowest BCUT2D eigenvalue weighted by Crippen LogP contribution is -2.43. The summed E-state index contributed by atoms with van der Waals surface area (Å²) in [5, 5.41) is 0. The smallest absolute Gasteiger partial charge is 0.323 e. The molecule has 116 valence electrons. The van der Waals surface area contributed by atoms with E-state index in [0.29, 0.717) is 17.8 Å². The first-order valence-electron chi connectivity index (χ1n) is 6.51. The van der Waals surface area contributed by atoms with Crippen LogP contribution in [0.1, 0.15) is 33.1 Å². The second-order valence-electron chi connectivity index (χ2n) is 4.97. The van der Waals surface area contributed by atoms with Crippen molar-refractivity contribution in [3.8, 4) is 0 Å². The van der Waals surface area contributed by atoms with E-state index in [4.69, 9.17) is 14.2 Å². The number of rotatable bonds is 3. The van der Waals surface area contributed by atoms with Crippen LogP contribution in [0, 0.1) is 5.41 Å². The summed E-state index contributed by atoms with van der Waals surface area (Å²) in [6.45, 7) is 6.79. The van der Waals surface area contributed by atoms with Crippen molar-refractivity contribution in [3.05, 3.63) is 23.5 Å². The molecular formula is C15H20O6. The highest BCUT2D eigenvalue weighted by Crippen LogP contribution is 2.44. The molecule has 0 unspecified atom stereocenters. The van der Waals surface area contributed by atoms with E-state index in [9.17, 15) is 14.4 Å². The summed E-state index contributed by atoms with van der Waals surface area (Å²) in [6.07, 6.45) is 0.713. The van der Waals surface area contributed by atoms with E-state index in [-0.39, 0.29) is 12.8 Å². The highest BCUT2D eigenvalue weighted by Gasteiger charge is 2.51. The van der Waals surface area contributed by atoms with Crippen molar-refractivity contribution in [2.45, 2.75) is 33.1 Å². The van der Waals surface area contributed by atoms with Gasteiger partial charge in [0.25, 0.3) is 0 Å². The van der Waals surface area contributed by atoms with Crippen LogP contribution >= 0.6 is 0 Å². The van der Waals surface area contributed by atoms with Crippen molar-refractivity contribution in [2.24, 2.45) is 5.41 Å². The molecule has 1 aliphatic rings. The van der Waals surface area contributed by atoms with Gasteiger partial charge in [-0.25, -0.2) is 0 Å². The van der Waals surface area contributed by atoms with Gasteiger partial charge in [0, 0.05) is 13.3 Å². The van der Waals surface area contributed by atoms with Gasteiger partial charge in [0.15, 0.2) is 5.41 Å². The van der Waals surface area contributed by atoms with Crippen LogP contribution in [0.2, 0.25) is 0 Å². The molecule has 0 aliphatic heterocycles. The number of hydrogen-bond acceptors (Lipinski definition) is 6. The van der Waals surface area contributed by atoms with Crippen molar-refractivity contribution in [3.63, 3.8) is 0 Å². The molecule has 0 aromatic carbocycles. The SMILES string of the molecule is C=C1CCC(C(=O)OC)(C(=O)OC)C/C1=C(/C)OC(C)=O. The molecule has 0 heterocycles. The third-order valence-corrected chi connectivity index (χ3v) is 3.63. The predicted molar refractivity (Wildman–Crippen MR) is 73.9 cm³/mol. The van der Waals surface area contributed by atoms with Gasteiger partial charge in [-0.05, 0) is 30.9 Å². The second-order valence-corrected chi connectivity index (χ2v) is 4.97. The number of methoxy groups -OCH3 is 2. The fraction of sp³-hybridized carbons (Fsp3) is 0.533. The molecule has 0 aromatic rings. The molecule has 21 heavy (non-hydrogen) atoms. The monoisotopic (exact) mass is 296 g/mol. The van der Waals surface area contributed by atoms with Gasteiger partial charge >= 0.3 is 17.9 Å². The van der Waals surface area contributed by atoms with Gasteiger partial charge < -0.3 is 14.2 Å². The van der Waals surface area contributed by atoms with E-state index in [1.807, 2.05) is 0 Å². The molecule has 1 fully saturated rings. The molecule has 0 amide bonds. The van der Waals surface area contributed by atoms with Crippen LogP contribution in [-0.4, -0.2) is 32.1 Å². The normalized spacial score (nSPS) is 19.5. The lowest BCUT2D eigenvalue weighted by molar-refractivity contribution is -0.170. The van der Waals surface area contributed by atoms with Gasteiger partial charge in [-0.15, -0.1) is 0 Å². The Labute approximate surface area is 123 Å². The van der Waals surface area contributed by atoms with Crippen molar-refractivity contribution in [1.29, 1.82) is 0 Å². The Balaban J connectivity index is 3.26. The highest BCUT2D eigenvalue weighted by molar-refractivity contribution is 6.00. The zero-order chi connectivity index (χ0) is 16.2. The number of carbonyl (C=O) groups excluding carboxylic acids is 3. The van der Waals surface area contributed by atoms with Gasteiger partial charge in [-0.3, -0.25) is 14.4 Å². The molecule has 1 saturated carbocycles. The molecule has 0 spiro atoms. The largest absolute Gasteiger partial charge is 0.468 e. The minimum absolute atomic E-state index is 0.0459. The van der Waals surface area contributed by atoms with E-state index in [0.717, 1.165) is 5.57 Å². The fourth-order valence-electron chi connectivity index (χ4n) is 2.50. The summed E-state index contributed by atoms with van der Waals surface area (Å²) in [5.41, 5.74) is -0.106. The summed E-state index contributed by atoms with van der Waals surface area (Å²) in [4.78, 5) is 35.3. The molecule has 0 radical (unpaired) electrons. The maximum absolute atomic E-state index is 12.1. The lowest BCUT2D eigenvalue weighted by Gasteiger charge is -2.34. The first-order valence-corrected chi connectivity index (χ1v) is 6.51. The van der Waals surface area contributed by atoms with Gasteiger partial charge in [-0.2, -0.15) is 0 Å². The fourth-order valence-corrected chi connectivity index (χ4v) is 2.50. The number of carbonyl (C=O) groups is 3. The topological polar surface area (TPSA) is 78.9 Å². The van der Waals surface area contributed by atoms with Crippen molar-refractivity contribution < 1.29 is 28.6 Å². The average Bonchev–Trinajstić information content (AvgIpc) is 2.45. The zero-order valence-electron chi connectivity index (χ0n) is 12.8. The van der Waals surface area contributed by atoms with Crippen molar-refractivity contribution in [2.75, 3.05) is 14.2 Å². The van der Waals surface area contributed by atoms with E-state index in [1.54, 1.807) is 6.92 Å². The summed E-state index contributed by atoms with van der Waals surface area (Å²) < 4.78 is 14.6. The summed E-state index contributed by atoms with van der Waals surface area (Å²) in [5.74, 6) is -1.45. The molecule has 0 saturated heterocycles. The minimum atomic E-state index is -1.42. The Kier molecular flexibility index (Phi) is 5.29. The number of ether oxygens (including phenoxy) is 3. The maximum Gasteiger partial charge on any atom is 0.323 e. The number of esters is 3. The molecule has 0 aromatic heterocycles. The van der Waals surface area contributed by atoms with Crippen molar-refractivity contribution in [1.82, 2.24) is 0 Å². The molecule has 6 nitrogen and oxygen atoms in total. The highest BCUT2D eigenvalue weighted by atomic mass is 16.5.